The predicted octanol–water partition coefficient (Wildman–Crippen LogP) is 15.5. The van der Waals surface area contributed by atoms with Crippen molar-refractivity contribution >= 4 is 5.91 Å². The summed E-state index contributed by atoms with van der Waals surface area (Å²) in [7, 11) is 0. The van der Waals surface area contributed by atoms with Crippen molar-refractivity contribution in [2.75, 3.05) is 13.2 Å². The van der Waals surface area contributed by atoms with Crippen molar-refractivity contribution in [1.82, 2.24) is 5.32 Å². The molecule has 0 spiro atoms. The van der Waals surface area contributed by atoms with Crippen LogP contribution in [0.5, 0.6) is 0 Å². The SMILES string of the molecule is CCCCCCC/C=C\C/C=C\CCCCCCCCCCCCCCCCCC(=O)NC(COC1OC(CO)C(O)C(O)C1O)C(O)/C=C/CCCCCCCCCCCCCCCCCCCCC. The van der Waals surface area contributed by atoms with E-state index in [0.29, 0.717) is 6.42 Å². The highest BCUT2D eigenvalue weighted by Gasteiger charge is 2.44. The fourth-order valence-electron chi connectivity index (χ4n) is 9.84. The van der Waals surface area contributed by atoms with Gasteiger partial charge >= 0.3 is 0 Å². The minimum atomic E-state index is -1.57. The number of carbonyl (C=O) groups is 1. The number of carbonyl (C=O) groups excluding carboxylic acids is 1. The molecule has 418 valence electrons. The minimum Gasteiger partial charge on any atom is -0.394 e. The number of rotatable bonds is 53. The van der Waals surface area contributed by atoms with Gasteiger partial charge in [0, 0.05) is 6.42 Å². The molecule has 7 unspecified atom stereocenters. The molecular weight excluding hydrogens is 887 g/mol. The summed E-state index contributed by atoms with van der Waals surface area (Å²) in [5.74, 6) is -0.173. The van der Waals surface area contributed by atoms with E-state index in [1.54, 1.807) is 6.08 Å². The molecule has 0 aromatic heterocycles. The average molecular weight is 1000 g/mol. The Kier molecular flexibility index (Phi) is 49.3. The summed E-state index contributed by atoms with van der Waals surface area (Å²) in [5.41, 5.74) is 0. The summed E-state index contributed by atoms with van der Waals surface area (Å²) >= 11 is 0. The first-order valence-corrected chi connectivity index (χ1v) is 30.7. The maximum atomic E-state index is 13.1. The normalized spacial score (nSPS) is 19.5. The van der Waals surface area contributed by atoms with E-state index in [4.69, 9.17) is 9.47 Å². The Morgan fingerprint density at radius 3 is 1.21 bits per heavy atom. The first-order valence-electron chi connectivity index (χ1n) is 30.7. The number of aliphatic hydroxyl groups excluding tert-OH is 5. The number of hydrogen-bond acceptors (Lipinski definition) is 8. The highest BCUT2D eigenvalue weighted by molar-refractivity contribution is 5.76. The van der Waals surface area contributed by atoms with Crippen molar-refractivity contribution < 1.29 is 39.8 Å². The monoisotopic (exact) mass is 1000 g/mol. The standard InChI is InChI=1S/C62H117NO8/c1-3-5-7-9-11-13-15-17-19-21-23-25-26-27-28-29-30-32-34-36-38-40-42-44-46-48-50-52-58(66)63-55(54-70-62-61(69)60(68)59(67)57(53-64)71-62)56(65)51-49-47-45-43-41-39-37-35-33-31-24-22-20-18-16-14-12-10-8-6-4-2/h15,17,21,23,49,51,55-57,59-62,64-65,67-69H,3-14,16,18-20,22,24-48,50,52-54H2,1-2H3,(H,63,66)/b17-15-,23-21-,51-49+. The van der Waals surface area contributed by atoms with Crippen LogP contribution in [0.1, 0.15) is 296 Å². The topological polar surface area (TPSA) is 149 Å². The highest BCUT2D eigenvalue weighted by atomic mass is 16.7. The second-order valence-electron chi connectivity index (χ2n) is 21.5. The van der Waals surface area contributed by atoms with Crippen molar-refractivity contribution in [2.24, 2.45) is 0 Å². The van der Waals surface area contributed by atoms with Gasteiger partial charge in [0.05, 0.1) is 25.4 Å². The second kappa shape index (κ2) is 51.9. The van der Waals surface area contributed by atoms with Crippen molar-refractivity contribution in [2.45, 2.75) is 339 Å². The van der Waals surface area contributed by atoms with Crippen molar-refractivity contribution in [3.63, 3.8) is 0 Å². The number of nitrogens with one attached hydrogen (secondary N) is 1. The van der Waals surface area contributed by atoms with E-state index in [1.807, 2.05) is 6.08 Å². The summed E-state index contributed by atoms with van der Waals surface area (Å²) in [6.07, 6.45) is 60.7. The van der Waals surface area contributed by atoms with Crippen LogP contribution in [0, 0.1) is 0 Å². The van der Waals surface area contributed by atoms with E-state index in [0.717, 1.165) is 44.9 Å². The van der Waals surface area contributed by atoms with Crippen LogP contribution in [-0.4, -0.2) is 87.5 Å². The highest BCUT2D eigenvalue weighted by Crippen LogP contribution is 2.23. The molecule has 6 N–H and O–H groups in total. The minimum absolute atomic E-state index is 0.173. The first kappa shape index (κ1) is 67.4. The maximum Gasteiger partial charge on any atom is 0.220 e. The predicted molar refractivity (Wildman–Crippen MR) is 300 cm³/mol. The Hall–Kier alpha value is -1.59. The summed E-state index contributed by atoms with van der Waals surface area (Å²) in [6, 6.07) is -0.805. The van der Waals surface area contributed by atoms with Gasteiger partial charge in [-0.3, -0.25) is 4.79 Å². The smallest absolute Gasteiger partial charge is 0.220 e. The lowest BCUT2D eigenvalue weighted by Gasteiger charge is -2.40. The maximum absolute atomic E-state index is 13.1. The third-order valence-corrected chi connectivity index (χ3v) is 14.7. The molecule has 0 aromatic rings. The molecule has 0 bridgehead atoms. The van der Waals surface area contributed by atoms with Crippen LogP contribution in [0.25, 0.3) is 0 Å². The van der Waals surface area contributed by atoms with Crippen molar-refractivity contribution in [1.29, 1.82) is 0 Å². The van der Waals surface area contributed by atoms with E-state index in [2.05, 4.69) is 43.5 Å². The van der Waals surface area contributed by atoms with Crippen LogP contribution in [-0.2, 0) is 14.3 Å². The van der Waals surface area contributed by atoms with Gasteiger partial charge in [-0.25, -0.2) is 0 Å². The fraction of sp³-hybridized carbons (Fsp3) is 0.887. The summed E-state index contributed by atoms with van der Waals surface area (Å²) in [5, 5.41) is 54.6. The average Bonchev–Trinajstić information content (AvgIpc) is 3.37. The summed E-state index contributed by atoms with van der Waals surface area (Å²) < 4.78 is 11.3. The van der Waals surface area contributed by atoms with Gasteiger partial charge in [-0.1, -0.05) is 275 Å². The van der Waals surface area contributed by atoms with E-state index < -0.39 is 49.5 Å². The molecule has 7 atom stereocenters. The van der Waals surface area contributed by atoms with E-state index in [-0.39, 0.29) is 12.5 Å². The van der Waals surface area contributed by atoms with E-state index in [9.17, 15) is 30.3 Å². The molecule has 0 aliphatic carbocycles. The van der Waals surface area contributed by atoms with Gasteiger partial charge in [-0.2, -0.15) is 0 Å². The number of aliphatic hydroxyl groups is 5. The van der Waals surface area contributed by atoms with E-state index in [1.165, 1.54) is 231 Å². The second-order valence-corrected chi connectivity index (χ2v) is 21.5. The molecule has 71 heavy (non-hydrogen) atoms. The van der Waals surface area contributed by atoms with Crippen LogP contribution in [0.3, 0.4) is 0 Å². The number of allylic oxidation sites excluding steroid dienone is 5. The zero-order valence-corrected chi connectivity index (χ0v) is 46.5. The fourth-order valence-corrected chi connectivity index (χ4v) is 9.84. The number of amides is 1. The molecule has 1 aliphatic rings. The van der Waals surface area contributed by atoms with Gasteiger partial charge in [-0.15, -0.1) is 0 Å². The molecule has 0 saturated carbocycles. The Bertz CT molecular complexity index is 1210. The molecule has 0 radical (unpaired) electrons. The first-order chi connectivity index (χ1) is 34.8. The van der Waals surface area contributed by atoms with Gasteiger partial charge in [0.2, 0.25) is 5.91 Å². The van der Waals surface area contributed by atoms with Crippen LogP contribution in [0.2, 0.25) is 0 Å². The largest absolute Gasteiger partial charge is 0.394 e. The Morgan fingerprint density at radius 1 is 0.479 bits per heavy atom. The molecule has 1 heterocycles. The Balaban J connectivity index is 2.19. The summed E-state index contributed by atoms with van der Waals surface area (Å²) in [4.78, 5) is 13.1. The Morgan fingerprint density at radius 2 is 0.831 bits per heavy atom. The van der Waals surface area contributed by atoms with Crippen LogP contribution < -0.4 is 5.32 Å². The van der Waals surface area contributed by atoms with Gasteiger partial charge in [0.15, 0.2) is 6.29 Å². The third kappa shape index (κ3) is 41.4. The number of unbranched alkanes of at least 4 members (excludes halogenated alkanes) is 39. The molecule has 1 saturated heterocycles. The quantitative estimate of drug-likeness (QED) is 0.0261. The molecular formula is C62H117NO8. The summed E-state index contributed by atoms with van der Waals surface area (Å²) in [6.45, 7) is 3.81. The van der Waals surface area contributed by atoms with Gasteiger partial charge in [0.25, 0.3) is 0 Å². The number of hydrogen-bond donors (Lipinski definition) is 6. The van der Waals surface area contributed by atoms with Crippen LogP contribution >= 0.6 is 0 Å². The lowest BCUT2D eigenvalue weighted by Crippen LogP contribution is -2.60. The van der Waals surface area contributed by atoms with Crippen molar-refractivity contribution in [3.8, 4) is 0 Å². The van der Waals surface area contributed by atoms with Crippen LogP contribution in [0.15, 0.2) is 36.5 Å². The van der Waals surface area contributed by atoms with Gasteiger partial charge in [-0.05, 0) is 51.4 Å². The molecule has 1 fully saturated rings. The Labute approximate surface area is 438 Å². The zero-order valence-electron chi connectivity index (χ0n) is 46.5. The molecule has 1 rings (SSSR count). The lowest BCUT2D eigenvalue weighted by atomic mass is 9.99. The number of ether oxygens (including phenoxy) is 2. The molecule has 1 aliphatic heterocycles. The van der Waals surface area contributed by atoms with Crippen molar-refractivity contribution in [3.05, 3.63) is 36.5 Å². The van der Waals surface area contributed by atoms with Gasteiger partial charge < -0.3 is 40.3 Å². The lowest BCUT2D eigenvalue weighted by molar-refractivity contribution is -0.302. The zero-order chi connectivity index (χ0) is 51.5. The third-order valence-electron chi connectivity index (χ3n) is 14.7. The van der Waals surface area contributed by atoms with Gasteiger partial charge in [0.1, 0.15) is 24.4 Å². The van der Waals surface area contributed by atoms with E-state index >= 15 is 0 Å². The molecule has 1 amide bonds. The molecule has 9 nitrogen and oxygen atoms in total. The molecule has 0 aromatic carbocycles. The van der Waals surface area contributed by atoms with Crippen LogP contribution in [0.4, 0.5) is 0 Å². The molecule has 9 heteroatoms.